The first kappa shape index (κ1) is 33.7. The highest BCUT2D eigenvalue weighted by Gasteiger charge is 2.35. The Morgan fingerprint density at radius 2 is 0.695 bits per heavy atom. The number of aromatic nitrogens is 2. The lowest BCUT2D eigenvalue weighted by atomic mass is 9.81. The summed E-state index contributed by atoms with van der Waals surface area (Å²) in [5.74, 6) is 0. The van der Waals surface area contributed by atoms with E-state index >= 15 is 0 Å². The van der Waals surface area contributed by atoms with Gasteiger partial charge in [-0.1, -0.05) is 135 Å². The van der Waals surface area contributed by atoms with Crippen LogP contribution >= 0.6 is 0 Å². The normalized spacial score (nSPS) is 13.1. The van der Waals surface area contributed by atoms with E-state index in [-0.39, 0.29) is 5.41 Å². The Morgan fingerprint density at radius 1 is 0.288 bits per heavy atom. The average Bonchev–Trinajstić information content (AvgIpc) is 3.89. The summed E-state index contributed by atoms with van der Waals surface area (Å²) in [6, 6.07) is 76.3. The molecule has 2 nitrogen and oxygen atoms in total. The van der Waals surface area contributed by atoms with E-state index in [4.69, 9.17) is 0 Å². The second-order valence-electron chi connectivity index (χ2n) is 16.6. The molecule has 2 heterocycles. The van der Waals surface area contributed by atoms with Crippen molar-refractivity contribution in [2.45, 2.75) is 19.3 Å². The van der Waals surface area contributed by atoms with Gasteiger partial charge in [-0.25, -0.2) is 0 Å². The molecule has 0 atom stereocenters. The molecule has 59 heavy (non-hydrogen) atoms. The third-order valence-electron chi connectivity index (χ3n) is 12.9. The molecule has 278 valence electrons. The van der Waals surface area contributed by atoms with E-state index < -0.39 is 0 Å². The zero-order valence-electron chi connectivity index (χ0n) is 33.0. The van der Waals surface area contributed by atoms with Crippen molar-refractivity contribution in [3.05, 3.63) is 217 Å². The first-order chi connectivity index (χ1) is 29.0. The number of hydrogen-bond donors (Lipinski definition) is 0. The quantitative estimate of drug-likeness (QED) is 0.166. The molecule has 0 radical (unpaired) electrons. The van der Waals surface area contributed by atoms with Crippen LogP contribution in [0.1, 0.15) is 25.0 Å². The van der Waals surface area contributed by atoms with E-state index in [9.17, 15) is 0 Å². The van der Waals surface area contributed by atoms with Crippen LogP contribution in [0.2, 0.25) is 0 Å². The van der Waals surface area contributed by atoms with Crippen LogP contribution in [0.3, 0.4) is 0 Å². The van der Waals surface area contributed by atoms with Gasteiger partial charge < -0.3 is 9.13 Å². The number of para-hydroxylation sites is 4. The van der Waals surface area contributed by atoms with Crippen molar-refractivity contribution in [3.63, 3.8) is 0 Å². The van der Waals surface area contributed by atoms with Gasteiger partial charge in [-0.2, -0.15) is 0 Å². The molecule has 2 aromatic heterocycles. The molecule has 0 unspecified atom stereocenters. The maximum atomic E-state index is 2.45. The lowest BCUT2D eigenvalue weighted by Gasteiger charge is -2.22. The molecule has 11 aromatic rings. The van der Waals surface area contributed by atoms with Crippen LogP contribution in [-0.2, 0) is 5.41 Å². The Morgan fingerprint density at radius 3 is 1.24 bits per heavy atom. The van der Waals surface area contributed by atoms with Crippen LogP contribution in [0.5, 0.6) is 0 Å². The number of fused-ring (bicyclic) bond motifs is 9. The van der Waals surface area contributed by atoms with Gasteiger partial charge in [0.15, 0.2) is 0 Å². The smallest absolute Gasteiger partial charge is 0.0541 e. The highest BCUT2D eigenvalue weighted by atomic mass is 15.0. The Labute approximate surface area is 343 Å². The third kappa shape index (κ3) is 5.13. The fraction of sp³-hybridized carbons (Fsp3) is 0.0526. The molecule has 0 bridgehead atoms. The molecule has 1 aliphatic carbocycles. The summed E-state index contributed by atoms with van der Waals surface area (Å²) in [5, 5.41) is 5.01. The zero-order chi connectivity index (χ0) is 39.2. The van der Waals surface area contributed by atoms with Crippen molar-refractivity contribution in [3.8, 4) is 55.9 Å². The second-order valence-corrected chi connectivity index (χ2v) is 16.6. The molecular formula is C57H40N2. The topological polar surface area (TPSA) is 9.86 Å². The average molecular weight is 753 g/mol. The van der Waals surface area contributed by atoms with Gasteiger partial charge in [-0.15, -0.1) is 0 Å². The highest BCUT2D eigenvalue weighted by molar-refractivity contribution is 6.12. The summed E-state index contributed by atoms with van der Waals surface area (Å²) in [5.41, 5.74) is 19.8. The zero-order valence-corrected chi connectivity index (χ0v) is 33.0. The van der Waals surface area contributed by atoms with Gasteiger partial charge in [0.25, 0.3) is 0 Å². The molecule has 9 aromatic carbocycles. The predicted octanol–water partition coefficient (Wildman–Crippen LogP) is 15.2. The Balaban J connectivity index is 1.08. The lowest BCUT2D eigenvalue weighted by molar-refractivity contribution is 0.660. The Kier molecular flexibility index (Phi) is 7.31. The van der Waals surface area contributed by atoms with Crippen molar-refractivity contribution in [1.29, 1.82) is 0 Å². The van der Waals surface area contributed by atoms with E-state index in [2.05, 4.69) is 229 Å². The van der Waals surface area contributed by atoms with Crippen molar-refractivity contribution >= 4 is 43.6 Å². The maximum absolute atomic E-state index is 2.45. The fourth-order valence-electron chi connectivity index (χ4n) is 10.0. The van der Waals surface area contributed by atoms with E-state index in [1.54, 1.807) is 0 Å². The summed E-state index contributed by atoms with van der Waals surface area (Å²) < 4.78 is 4.78. The highest BCUT2D eigenvalue weighted by Crippen LogP contribution is 2.50. The van der Waals surface area contributed by atoms with Gasteiger partial charge in [0.05, 0.1) is 22.1 Å². The van der Waals surface area contributed by atoms with E-state index in [1.165, 1.54) is 111 Å². The van der Waals surface area contributed by atoms with Gasteiger partial charge >= 0.3 is 0 Å². The Hall–Kier alpha value is -7.42. The molecule has 0 saturated carbocycles. The molecule has 0 aliphatic heterocycles. The van der Waals surface area contributed by atoms with Crippen LogP contribution in [0.15, 0.2) is 206 Å². The minimum Gasteiger partial charge on any atom is -0.309 e. The number of nitrogens with zero attached hydrogens (tertiary/aromatic N) is 2. The van der Waals surface area contributed by atoms with Crippen molar-refractivity contribution < 1.29 is 0 Å². The minimum absolute atomic E-state index is 0.0849. The third-order valence-corrected chi connectivity index (χ3v) is 12.9. The number of hydrogen-bond acceptors (Lipinski definition) is 0. The molecule has 0 spiro atoms. The van der Waals surface area contributed by atoms with Crippen LogP contribution in [0.4, 0.5) is 0 Å². The van der Waals surface area contributed by atoms with E-state index in [1.807, 2.05) is 0 Å². The monoisotopic (exact) mass is 752 g/mol. The number of rotatable bonds is 5. The van der Waals surface area contributed by atoms with Gasteiger partial charge in [-0.3, -0.25) is 0 Å². The Bertz CT molecular complexity index is 3280. The summed E-state index contributed by atoms with van der Waals surface area (Å²) in [4.78, 5) is 0. The van der Waals surface area contributed by atoms with Gasteiger partial charge in [0, 0.05) is 38.3 Å². The summed E-state index contributed by atoms with van der Waals surface area (Å²) in [6.45, 7) is 4.73. The van der Waals surface area contributed by atoms with Crippen LogP contribution in [0, 0.1) is 0 Å². The molecule has 2 heteroatoms. The lowest BCUT2D eigenvalue weighted by Crippen LogP contribution is -2.14. The van der Waals surface area contributed by atoms with Gasteiger partial charge in [0.1, 0.15) is 0 Å². The summed E-state index contributed by atoms with van der Waals surface area (Å²) in [6.07, 6.45) is 0. The van der Waals surface area contributed by atoms with Gasteiger partial charge in [0.2, 0.25) is 0 Å². The molecule has 12 rings (SSSR count). The fourth-order valence-corrected chi connectivity index (χ4v) is 10.0. The van der Waals surface area contributed by atoms with Crippen molar-refractivity contribution in [2.24, 2.45) is 0 Å². The SMILES string of the molecule is CC1(C)c2ccccc2-c2ccc(-c3cc(-c4ccc5c(c4)c4ccccc4n5-c4ccccc4)cc(-c4ccc5c(c4)c4ccccc4n5-c4ccccc4)c3)cc21. The molecular weight excluding hydrogens is 713 g/mol. The summed E-state index contributed by atoms with van der Waals surface area (Å²) in [7, 11) is 0. The summed E-state index contributed by atoms with van der Waals surface area (Å²) >= 11 is 0. The molecule has 0 saturated heterocycles. The van der Waals surface area contributed by atoms with Crippen LogP contribution in [-0.4, -0.2) is 9.13 Å². The first-order valence-electron chi connectivity index (χ1n) is 20.6. The van der Waals surface area contributed by atoms with E-state index in [0.717, 1.165) is 0 Å². The maximum Gasteiger partial charge on any atom is 0.0541 e. The largest absolute Gasteiger partial charge is 0.309 e. The van der Waals surface area contributed by atoms with Crippen molar-refractivity contribution in [1.82, 2.24) is 9.13 Å². The molecule has 0 N–H and O–H groups in total. The van der Waals surface area contributed by atoms with Gasteiger partial charge in [-0.05, 0) is 141 Å². The minimum atomic E-state index is -0.0849. The van der Waals surface area contributed by atoms with Crippen molar-refractivity contribution in [2.75, 3.05) is 0 Å². The standard InChI is InChI=1S/C57H40N2/c1-57(2)51-22-12-9-19-45(51)46-28-25-39(36-52(46)57)42-32-40(37-26-29-55-49(34-37)47-20-10-13-23-53(47)58(55)43-15-5-3-6-16-43)31-41(33-42)38-27-30-56-50(35-38)48-21-11-14-24-54(48)59(56)44-17-7-4-8-18-44/h3-36H,1-2H3. The second kappa shape index (κ2) is 12.8. The molecule has 0 amide bonds. The predicted molar refractivity (Wildman–Crippen MR) is 249 cm³/mol. The number of benzene rings is 9. The molecule has 0 fully saturated rings. The molecule has 1 aliphatic rings. The first-order valence-corrected chi connectivity index (χ1v) is 20.6. The van der Waals surface area contributed by atoms with Crippen LogP contribution in [0.25, 0.3) is 99.5 Å². The van der Waals surface area contributed by atoms with Crippen LogP contribution < -0.4 is 0 Å². The van der Waals surface area contributed by atoms with E-state index in [0.29, 0.717) is 0 Å².